The van der Waals surface area contributed by atoms with Gasteiger partial charge in [-0.1, -0.05) is 23.6 Å². The van der Waals surface area contributed by atoms with Gasteiger partial charge in [0.2, 0.25) is 0 Å². The highest BCUT2D eigenvalue weighted by molar-refractivity contribution is 6.30. The molecule has 0 aliphatic heterocycles. The van der Waals surface area contributed by atoms with Crippen LogP contribution in [-0.4, -0.2) is 6.03 Å². The van der Waals surface area contributed by atoms with Crippen LogP contribution in [-0.2, 0) is 0 Å². The molecule has 0 bridgehead atoms. The van der Waals surface area contributed by atoms with E-state index in [1.54, 1.807) is 6.07 Å². The molecule has 19 heavy (non-hydrogen) atoms. The first-order valence-electron chi connectivity index (χ1n) is 6.67. The summed E-state index contributed by atoms with van der Waals surface area (Å²) < 4.78 is 0. The van der Waals surface area contributed by atoms with Crippen LogP contribution in [0.15, 0.2) is 30.0 Å². The molecule has 2 rings (SSSR count). The van der Waals surface area contributed by atoms with E-state index in [1.807, 2.05) is 25.3 Å². The Hall–Kier alpha value is -1.48. The van der Waals surface area contributed by atoms with E-state index in [2.05, 4.69) is 10.6 Å². The highest BCUT2D eigenvalue weighted by atomic mass is 35.5. The van der Waals surface area contributed by atoms with Crippen LogP contribution < -0.4 is 10.6 Å². The van der Waals surface area contributed by atoms with Gasteiger partial charge in [-0.15, -0.1) is 0 Å². The number of nitrogens with one attached hydrogen (secondary N) is 2. The maximum atomic E-state index is 11.8. The van der Waals surface area contributed by atoms with Gasteiger partial charge in [0.15, 0.2) is 0 Å². The SMILES string of the molecule is Cc1cc(Cl)ccc1NC(=O)NC=C1CCCCC1. The minimum absolute atomic E-state index is 0.205. The summed E-state index contributed by atoms with van der Waals surface area (Å²) in [4.78, 5) is 11.8. The first-order chi connectivity index (χ1) is 9.15. The van der Waals surface area contributed by atoms with Crippen molar-refractivity contribution in [1.29, 1.82) is 0 Å². The zero-order valence-corrected chi connectivity index (χ0v) is 11.9. The Bertz CT molecular complexity index is 489. The minimum atomic E-state index is -0.205. The highest BCUT2D eigenvalue weighted by Gasteiger charge is 2.07. The van der Waals surface area contributed by atoms with Gasteiger partial charge in [-0.25, -0.2) is 4.79 Å². The molecule has 1 fully saturated rings. The van der Waals surface area contributed by atoms with Crippen molar-refractivity contribution in [1.82, 2.24) is 5.32 Å². The summed E-state index contributed by atoms with van der Waals surface area (Å²) in [6.45, 7) is 1.92. The molecule has 0 spiro atoms. The van der Waals surface area contributed by atoms with Gasteiger partial charge in [-0.2, -0.15) is 0 Å². The number of allylic oxidation sites excluding steroid dienone is 1. The normalized spacial score (nSPS) is 14.9. The molecule has 2 amide bonds. The summed E-state index contributed by atoms with van der Waals surface area (Å²) in [5, 5.41) is 6.30. The number of amides is 2. The van der Waals surface area contributed by atoms with Crippen molar-refractivity contribution < 1.29 is 4.79 Å². The smallest absolute Gasteiger partial charge is 0.314 e. The van der Waals surface area contributed by atoms with Crippen molar-refractivity contribution in [2.24, 2.45) is 0 Å². The number of aryl methyl sites for hydroxylation is 1. The van der Waals surface area contributed by atoms with Crippen LogP contribution in [0.3, 0.4) is 0 Å². The second kappa shape index (κ2) is 6.62. The molecule has 0 heterocycles. The number of benzene rings is 1. The second-order valence-corrected chi connectivity index (χ2v) is 5.36. The summed E-state index contributed by atoms with van der Waals surface area (Å²) in [7, 11) is 0. The van der Waals surface area contributed by atoms with Gasteiger partial charge in [0.05, 0.1) is 0 Å². The zero-order chi connectivity index (χ0) is 13.7. The van der Waals surface area contributed by atoms with E-state index in [9.17, 15) is 4.79 Å². The highest BCUT2D eigenvalue weighted by Crippen LogP contribution is 2.22. The lowest BCUT2D eigenvalue weighted by Crippen LogP contribution is -2.25. The molecule has 0 aromatic heterocycles. The van der Waals surface area contributed by atoms with Crippen molar-refractivity contribution in [3.05, 3.63) is 40.6 Å². The molecule has 1 aromatic rings. The molecule has 1 aliphatic carbocycles. The van der Waals surface area contributed by atoms with Gasteiger partial charge in [0.1, 0.15) is 0 Å². The van der Waals surface area contributed by atoms with Crippen molar-refractivity contribution in [2.75, 3.05) is 5.32 Å². The Morgan fingerprint density at radius 1 is 1.26 bits per heavy atom. The maximum Gasteiger partial charge on any atom is 0.323 e. The standard InChI is InChI=1S/C15H19ClN2O/c1-11-9-13(16)7-8-14(11)18-15(19)17-10-12-5-3-2-4-6-12/h7-10H,2-6H2,1H3,(H2,17,18,19). The van der Waals surface area contributed by atoms with Gasteiger partial charge < -0.3 is 10.6 Å². The van der Waals surface area contributed by atoms with Crippen molar-refractivity contribution in [3.63, 3.8) is 0 Å². The number of halogens is 1. The van der Waals surface area contributed by atoms with Gasteiger partial charge in [0.25, 0.3) is 0 Å². The lowest BCUT2D eigenvalue weighted by Gasteiger charge is -2.14. The Balaban J connectivity index is 1.90. The molecule has 0 unspecified atom stereocenters. The predicted molar refractivity (Wildman–Crippen MR) is 79.5 cm³/mol. The maximum absolute atomic E-state index is 11.8. The summed E-state index contributed by atoms with van der Waals surface area (Å²) >= 11 is 5.88. The summed E-state index contributed by atoms with van der Waals surface area (Å²) in [5.41, 5.74) is 3.06. The molecule has 1 saturated carbocycles. The Morgan fingerprint density at radius 2 is 2.00 bits per heavy atom. The summed E-state index contributed by atoms with van der Waals surface area (Å²) in [6, 6.07) is 5.20. The molecule has 4 heteroatoms. The van der Waals surface area contributed by atoms with E-state index >= 15 is 0 Å². The lowest BCUT2D eigenvalue weighted by atomic mass is 9.96. The first-order valence-corrected chi connectivity index (χ1v) is 7.04. The lowest BCUT2D eigenvalue weighted by molar-refractivity contribution is 0.255. The summed E-state index contributed by atoms with van der Waals surface area (Å²) in [5.74, 6) is 0. The second-order valence-electron chi connectivity index (χ2n) is 4.92. The molecule has 1 aromatic carbocycles. The number of anilines is 1. The van der Waals surface area contributed by atoms with Gasteiger partial charge in [0, 0.05) is 16.9 Å². The Morgan fingerprint density at radius 3 is 2.68 bits per heavy atom. The molecule has 102 valence electrons. The van der Waals surface area contributed by atoms with Crippen LogP contribution in [0.2, 0.25) is 5.02 Å². The van der Waals surface area contributed by atoms with Gasteiger partial charge in [-0.05, 0) is 56.4 Å². The van der Waals surface area contributed by atoms with Crippen LogP contribution in [0.5, 0.6) is 0 Å². The average molecular weight is 279 g/mol. The third-order valence-electron chi connectivity index (χ3n) is 3.34. The van der Waals surface area contributed by atoms with Crippen molar-refractivity contribution >= 4 is 23.3 Å². The van der Waals surface area contributed by atoms with Crippen molar-refractivity contribution in [3.8, 4) is 0 Å². The fourth-order valence-corrected chi connectivity index (χ4v) is 2.47. The molecule has 3 nitrogen and oxygen atoms in total. The number of rotatable bonds is 2. The molecule has 0 atom stereocenters. The number of urea groups is 1. The number of carbonyl (C=O) groups excluding carboxylic acids is 1. The molecule has 0 saturated heterocycles. The van der Waals surface area contributed by atoms with Gasteiger partial charge >= 0.3 is 6.03 Å². The number of hydrogen-bond donors (Lipinski definition) is 2. The third kappa shape index (κ3) is 4.28. The first kappa shape index (κ1) is 13.9. The predicted octanol–water partition coefficient (Wildman–Crippen LogP) is 4.62. The van der Waals surface area contributed by atoms with E-state index < -0.39 is 0 Å². The zero-order valence-electron chi connectivity index (χ0n) is 11.1. The molecule has 2 N–H and O–H groups in total. The average Bonchev–Trinajstić information content (AvgIpc) is 2.41. The van der Waals surface area contributed by atoms with Crippen molar-refractivity contribution in [2.45, 2.75) is 39.0 Å². The fraction of sp³-hybridized carbons (Fsp3) is 0.400. The fourth-order valence-electron chi connectivity index (χ4n) is 2.24. The van der Waals surface area contributed by atoms with Crippen LogP contribution in [0, 0.1) is 6.92 Å². The van der Waals surface area contributed by atoms with Crippen LogP contribution in [0.4, 0.5) is 10.5 Å². The quantitative estimate of drug-likeness (QED) is 0.814. The number of hydrogen-bond acceptors (Lipinski definition) is 1. The van der Waals surface area contributed by atoms with Gasteiger partial charge in [-0.3, -0.25) is 0 Å². The third-order valence-corrected chi connectivity index (χ3v) is 3.57. The molecular formula is C15H19ClN2O. The Kier molecular flexibility index (Phi) is 4.86. The van der Waals surface area contributed by atoms with E-state index in [4.69, 9.17) is 11.6 Å². The molecule has 1 aliphatic rings. The van der Waals surface area contributed by atoms with Crippen LogP contribution in [0.25, 0.3) is 0 Å². The molecular weight excluding hydrogens is 260 g/mol. The van der Waals surface area contributed by atoms with Crippen LogP contribution >= 0.6 is 11.6 Å². The topological polar surface area (TPSA) is 41.1 Å². The van der Waals surface area contributed by atoms with E-state index in [0.29, 0.717) is 5.02 Å². The van der Waals surface area contributed by atoms with E-state index in [1.165, 1.54) is 24.8 Å². The Labute approximate surface area is 119 Å². The number of carbonyl (C=O) groups is 1. The van der Waals surface area contributed by atoms with E-state index in [-0.39, 0.29) is 6.03 Å². The monoisotopic (exact) mass is 278 g/mol. The molecule has 0 radical (unpaired) electrons. The summed E-state index contributed by atoms with van der Waals surface area (Å²) in [6.07, 6.45) is 7.80. The largest absolute Gasteiger partial charge is 0.323 e. The van der Waals surface area contributed by atoms with Crippen LogP contribution in [0.1, 0.15) is 37.7 Å². The van der Waals surface area contributed by atoms with E-state index in [0.717, 1.165) is 24.1 Å². The minimum Gasteiger partial charge on any atom is -0.314 e.